The van der Waals surface area contributed by atoms with E-state index in [1.165, 1.54) is 24.5 Å². The van der Waals surface area contributed by atoms with E-state index in [1.54, 1.807) is 0 Å². The summed E-state index contributed by atoms with van der Waals surface area (Å²) in [5.74, 6) is -2.19. The molecule has 2 rings (SSSR count). The van der Waals surface area contributed by atoms with Crippen molar-refractivity contribution in [3.05, 3.63) is 52.2 Å². The van der Waals surface area contributed by atoms with Crippen LogP contribution in [-0.2, 0) is 9.53 Å². The Kier molecular flexibility index (Phi) is 5.56. The van der Waals surface area contributed by atoms with Crippen LogP contribution in [0.5, 0.6) is 0 Å². The van der Waals surface area contributed by atoms with Crippen LogP contribution >= 0.6 is 23.2 Å². The molecule has 2 N–H and O–H groups in total. The predicted molar refractivity (Wildman–Crippen MR) is 78.9 cm³/mol. The van der Waals surface area contributed by atoms with Crippen LogP contribution in [0.25, 0.3) is 0 Å². The van der Waals surface area contributed by atoms with Gasteiger partial charge in [-0.15, -0.1) is 0 Å². The lowest BCUT2D eigenvalue weighted by Crippen LogP contribution is -2.43. The highest BCUT2D eigenvalue weighted by molar-refractivity contribution is 6.41. The number of rotatable bonds is 4. The summed E-state index contributed by atoms with van der Waals surface area (Å²) < 4.78 is 9.57. The third-order valence-electron chi connectivity index (χ3n) is 2.43. The van der Waals surface area contributed by atoms with Crippen molar-refractivity contribution in [1.29, 1.82) is 0 Å². The smallest absolute Gasteiger partial charge is 0.340 e. The van der Waals surface area contributed by atoms with Gasteiger partial charge >= 0.3 is 11.9 Å². The molecule has 0 atom stereocenters. The number of hydrogen-bond acceptors (Lipinski definition) is 6. The Hall–Kier alpha value is -2.58. The molecule has 0 radical (unpaired) electrons. The number of amides is 2. The minimum atomic E-state index is -0.816. The molecule has 2 heterocycles. The second-order valence-electron chi connectivity index (χ2n) is 4.05. The van der Waals surface area contributed by atoms with E-state index in [0.717, 1.165) is 6.20 Å². The number of carbonyl (C=O) groups is 3. The van der Waals surface area contributed by atoms with Crippen molar-refractivity contribution in [1.82, 2.24) is 15.8 Å². The van der Waals surface area contributed by atoms with E-state index in [2.05, 4.69) is 15.8 Å². The maximum absolute atomic E-state index is 11.7. The van der Waals surface area contributed by atoms with Crippen LogP contribution in [0.2, 0.25) is 10.2 Å². The summed E-state index contributed by atoms with van der Waals surface area (Å²) in [6.07, 6.45) is 2.47. The Morgan fingerprint density at radius 3 is 2.70 bits per heavy atom. The molecule has 10 heteroatoms. The Labute approximate surface area is 139 Å². The molecule has 0 unspecified atom stereocenters. The second-order valence-corrected chi connectivity index (χ2v) is 4.82. The number of hydrogen-bond donors (Lipinski definition) is 2. The molecule has 0 aliphatic carbocycles. The normalized spacial score (nSPS) is 10.0. The summed E-state index contributed by atoms with van der Waals surface area (Å²) in [6, 6.07) is 4.19. The van der Waals surface area contributed by atoms with E-state index in [1.807, 2.05) is 0 Å². The van der Waals surface area contributed by atoms with Crippen LogP contribution in [0, 0.1) is 0 Å². The summed E-state index contributed by atoms with van der Waals surface area (Å²) in [6.45, 7) is -0.614. The molecule has 0 aliphatic rings. The van der Waals surface area contributed by atoms with E-state index < -0.39 is 24.4 Å². The van der Waals surface area contributed by atoms with E-state index in [9.17, 15) is 14.4 Å². The summed E-state index contributed by atoms with van der Waals surface area (Å²) >= 11 is 11.3. The molecule has 2 aromatic rings. The topological polar surface area (TPSA) is 111 Å². The fourth-order valence-corrected chi connectivity index (χ4v) is 1.65. The maximum atomic E-state index is 11.7. The zero-order valence-corrected chi connectivity index (χ0v) is 12.9. The highest BCUT2D eigenvalue weighted by atomic mass is 35.5. The molecule has 0 aliphatic heterocycles. The molecular weight excluding hydrogens is 349 g/mol. The molecule has 120 valence electrons. The number of esters is 1. The lowest BCUT2D eigenvalue weighted by Gasteiger charge is -2.07. The highest BCUT2D eigenvalue weighted by Crippen LogP contribution is 2.19. The first-order valence-electron chi connectivity index (χ1n) is 6.08. The molecular formula is C13H9Cl2N3O5. The SMILES string of the molecule is O=C(COC(=O)c1cnc(Cl)c(Cl)c1)NNC(=O)c1ccco1. The van der Waals surface area contributed by atoms with Crippen molar-refractivity contribution < 1.29 is 23.5 Å². The van der Waals surface area contributed by atoms with Gasteiger partial charge in [-0.2, -0.15) is 0 Å². The van der Waals surface area contributed by atoms with Gasteiger partial charge in [-0.05, 0) is 18.2 Å². The van der Waals surface area contributed by atoms with E-state index in [0.29, 0.717) is 0 Å². The lowest BCUT2D eigenvalue weighted by molar-refractivity contribution is -0.125. The van der Waals surface area contributed by atoms with Crippen LogP contribution in [0.15, 0.2) is 35.1 Å². The predicted octanol–water partition coefficient (Wildman–Crippen LogP) is 1.60. The molecule has 0 aromatic carbocycles. The third kappa shape index (κ3) is 4.70. The summed E-state index contributed by atoms with van der Waals surface area (Å²) in [7, 11) is 0. The van der Waals surface area contributed by atoms with Crippen LogP contribution in [0.1, 0.15) is 20.9 Å². The average molecular weight is 358 g/mol. The minimum Gasteiger partial charge on any atom is -0.459 e. The van der Waals surface area contributed by atoms with E-state index in [4.69, 9.17) is 32.4 Å². The zero-order valence-electron chi connectivity index (χ0n) is 11.3. The number of nitrogens with one attached hydrogen (secondary N) is 2. The number of furan rings is 1. The van der Waals surface area contributed by atoms with Crippen molar-refractivity contribution in [2.24, 2.45) is 0 Å². The van der Waals surface area contributed by atoms with Crippen molar-refractivity contribution in [3.8, 4) is 0 Å². The van der Waals surface area contributed by atoms with E-state index in [-0.39, 0.29) is 21.5 Å². The monoisotopic (exact) mass is 357 g/mol. The Morgan fingerprint density at radius 2 is 2.04 bits per heavy atom. The standard InChI is InChI=1S/C13H9Cl2N3O5/c14-8-4-7(5-16-11(8)15)13(21)23-6-10(19)17-18-12(20)9-2-1-3-22-9/h1-5H,6H2,(H,17,19)(H,18,20). The van der Waals surface area contributed by atoms with Gasteiger partial charge in [0, 0.05) is 6.20 Å². The largest absolute Gasteiger partial charge is 0.459 e. The lowest BCUT2D eigenvalue weighted by atomic mass is 10.3. The van der Waals surface area contributed by atoms with Gasteiger partial charge in [0.15, 0.2) is 12.4 Å². The number of aromatic nitrogens is 1. The fourth-order valence-electron chi connectivity index (χ4n) is 1.38. The maximum Gasteiger partial charge on any atom is 0.340 e. The van der Waals surface area contributed by atoms with Gasteiger partial charge in [0.25, 0.3) is 5.91 Å². The van der Waals surface area contributed by atoms with Gasteiger partial charge in [-0.1, -0.05) is 23.2 Å². The zero-order chi connectivity index (χ0) is 16.8. The van der Waals surface area contributed by atoms with Crippen molar-refractivity contribution in [3.63, 3.8) is 0 Å². The Morgan fingerprint density at radius 1 is 1.26 bits per heavy atom. The van der Waals surface area contributed by atoms with Crippen LogP contribution in [-0.4, -0.2) is 29.4 Å². The van der Waals surface area contributed by atoms with Crippen molar-refractivity contribution in [2.45, 2.75) is 0 Å². The van der Waals surface area contributed by atoms with Gasteiger partial charge in [0.05, 0.1) is 16.8 Å². The van der Waals surface area contributed by atoms with Crippen LogP contribution < -0.4 is 10.9 Å². The van der Waals surface area contributed by atoms with Gasteiger partial charge in [0.2, 0.25) is 0 Å². The Balaban J connectivity index is 1.78. The van der Waals surface area contributed by atoms with Crippen molar-refractivity contribution >= 4 is 41.0 Å². The molecule has 0 spiro atoms. The summed E-state index contributed by atoms with van der Waals surface area (Å²) in [5, 5.41) is 0.123. The summed E-state index contributed by atoms with van der Waals surface area (Å²) in [4.78, 5) is 38.3. The molecule has 8 nitrogen and oxygen atoms in total. The Bertz CT molecular complexity index is 733. The molecule has 2 aromatic heterocycles. The van der Waals surface area contributed by atoms with Gasteiger partial charge in [0.1, 0.15) is 5.15 Å². The average Bonchev–Trinajstić information content (AvgIpc) is 3.07. The quantitative estimate of drug-likeness (QED) is 0.488. The number of pyridine rings is 1. The fraction of sp³-hybridized carbons (Fsp3) is 0.0769. The molecule has 0 saturated carbocycles. The molecule has 0 saturated heterocycles. The third-order valence-corrected chi connectivity index (χ3v) is 3.11. The van der Waals surface area contributed by atoms with Gasteiger partial charge in [-0.25, -0.2) is 9.78 Å². The van der Waals surface area contributed by atoms with E-state index >= 15 is 0 Å². The molecule has 2 amide bonds. The first kappa shape index (κ1) is 16.8. The van der Waals surface area contributed by atoms with Gasteiger partial charge < -0.3 is 9.15 Å². The summed E-state index contributed by atoms with van der Waals surface area (Å²) in [5.41, 5.74) is 4.18. The van der Waals surface area contributed by atoms with Crippen molar-refractivity contribution in [2.75, 3.05) is 6.61 Å². The number of nitrogens with zero attached hydrogens (tertiary/aromatic N) is 1. The molecule has 23 heavy (non-hydrogen) atoms. The number of carbonyl (C=O) groups excluding carboxylic acids is 3. The number of ether oxygens (including phenoxy) is 1. The first-order chi connectivity index (χ1) is 11.0. The number of halogens is 2. The first-order valence-corrected chi connectivity index (χ1v) is 6.84. The minimum absolute atomic E-state index is 0.0178. The second kappa shape index (κ2) is 7.61. The van der Waals surface area contributed by atoms with Crippen LogP contribution in [0.3, 0.4) is 0 Å². The molecule has 0 bridgehead atoms. The number of hydrazine groups is 1. The molecule has 0 fully saturated rings. The highest BCUT2D eigenvalue weighted by Gasteiger charge is 2.14. The van der Waals surface area contributed by atoms with Gasteiger partial charge in [-0.3, -0.25) is 20.4 Å². The van der Waals surface area contributed by atoms with Crippen LogP contribution in [0.4, 0.5) is 0 Å².